The normalized spacial score (nSPS) is 15.8. The van der Waals surface area contributed by atoms with E-state index >= 15 is 0 Å². The summed E-state index contributed by atoms with van der Waals surface area (Å²) in [6.07, 6.45) is 10.1. The van der Waals surface area contributed by atoms with E-state index in [0.29, 0.717) is 5.92 Å². The Morgan fingerprint density at radius 2 is 1.74 bits per heavy atom. The van der Waals surface area contributed by atoms with Crippen molar-refractivity contribution in [2.75, 3.05) is 4.90 Å². The molecule has 35 heavy (non-hydrogen) atoms. The molecule has 0 unspecified atom stereocenters. The highest BCUT2D eigenvalue weighted by Gasteiger charge is 2.34. The van der Waals surface area contributed by atoms with Crippen LogP contribution in [0.15, 0.2) is 66.3 Å². The molecule has 184 valence electrons. The van der Waals surface area contributed by atoms with Gasteiger partial charge in [0, 0.05) is 29.0 Å². The van der Waals surface area contributed by atoms with E-state index in [0.717, 1.165) is 48.2 Å². The minimum absolute atomic E-state index is 0.0932. The first-order valence-electron chi connectivity index (χ1n) is 12.7. The maximum atomic E-state index is 13.8. The minimum atomic E-state index is -0.762. The highest BCUT2D eigenvalue weighted by atomic mass is 32.1. The molecular weight excluding hydrogens is 454 g/mol. The van der Waals surface area contributed by atoms with E-state index in [2.05, 4.69) is 36.3 Å². The smallest absolute Gasteiger partial charge is 0.248 e. The number of amides is 2. The summed E-state index contributed by atoms with van der Waals surface area (Å²) in [4.78, 5) is 34.5. The van der Waals surface area contributed by atoms with Gasteiger partial charge in [-0.25, -0.2) is 0 Å². The summed E-state index contributed by atoms with van der Waals surface area (Å²) in [5.74, 6) is 0.211. The van der Waals surface area contributed by atoms with Gasteiger partial charge >= 0.3 is 0 Å². The number of benzene rings is 1. The van der Waals surface area contributed by atoms with Crippen molar-refractivity contribution in [2.45, 2.75) is 76.8 Å². The van der Waals surface area contributed by atoms with Crippen LogP contribution in [0.3, 0.4) is 0 Å². The fourth-order valence-corrected chi connectivity index (χ4v) is 5.47. The van der Waals surface area contributed by atoms with Crippen LogP contribution >= 0.6 is 11.3 Å². The number of hydrogen-bond acceptors (Lipinski definition) is 4. The molecule has 1 aromatic carbocycles. The van der Waals surface area contributed by atoms with Gasteiger partial charge in [0.2, 0.25) is 11.8 Å². The summed E-state index contributed by atoms with van der Waals surface area (Å²) in [6, 6.07) is 15.1. The van der Waals surface area contributed by atoms with Crippen molar-refractivity contribution >= 4 is 28.8 Å². The molecule has 2 heterocycles. The zero-order chi connectivity index (χ0) is 24.6. The number of carbonyl (C=O) groups is 2. The van der Waals surface area contributed by atoms with Gasteiger partial charge in [-0.15, -0.1) is 11.3 Å². The molecule has 2 atom stereocenters. The standard InChI is InChI=1S/C29H35N3O2S/c1-3-21(2)22-11-13-25(14-12-22)32(27(33)20-26-10-7-19-35-26)28(23-15-17-30-18-16-23)29(34)31-24-8-5-4-6-9-24/h7,10-19,21,24,28H,3-6,8-9,20H2,1-2H3,(H,31,34)/t21-,28-/m0/s1. The predicted molar refractivity (Wildman–Crippen MR) is 143 cm³/mol. The summed E-state index contributed by atoms with van der Waals surface area (Å²) in [5, 5.41) is 5.25. The van der Waals surface area contributed by atoms with E-state index in [-0.39, 0.29) is 24.3 Å². The highest BCUT2D eigenvalue weighted by molar-refractivity contribution is 7.10. The van der Waals surface area contributed by atoms with E-state index in [1.807, 2.05) is 41.8 Å². The number of rotatable bonds is 9. The Bertz CT molecular complexity index is 1080. The number of hydrogen-bond donors (Lipinski definition) is 1. The molecular formula is C29H35N3O2S. The summed E-state index contributed by atoms with van der Waals surface area (Å²) in [6.45, 7) is 4.37. The molecule has 2 aromatic heterocycles. The molecule has 4 rings (SSSR count). The van der Waals surface area contributed by atoms with Crippen LogP contribution in [0.2, 0.25) is 0 Å². The Morgan fingerprint density at radius 3 is 2.37 bits per heavy atom. The number of nitrogens with zero attached hydrogens (tertiary/aromatic N) is 2. The first-order chi connectivity index (χ1) is 17.1. The van der Waals surface area contributed by atoms with Crippen LogP contribution in [-0.4, -0.2) is 22.8 Å². The Morgan fingerprint density at radius 1 is 1.03 bits per heavy atom. The van der Waals surface area contributed by atoms with Gasteiger partial charge in [-0.05, 0) is 72.0 Å². The van der Waals surface area contributed by atoms with Crippen molar-refractivity contribution in [2.24, 2.45) is 0 Å². The van der Waals surface area contributed by atoms with Crippen LogP contribution in [0, 0.1) is 0 Å². The van der Waals surface area contributed by atoms with E-state index in [1.165, 1.54) is 12.0 Å². The number of nitrogens with one attached hydrogen (secondary N) is 1. The highest BCUT2D eigenvalue weighted by Crippen LogP contribution is 2.31. The molecule has 1 N–H and O–H groups in total. The number of thiophene rings is 1. The third-order valence-corrected chi connectivity index (χ3v) is 7.88. The second-order valence-corrected chi connectivity index (χ2v) is 10.5. The van der Waals surface area contributed by atoms with Gasteiger partial charge in [0.1, 0.15) is 6.04 Å². The molecule has 5 nitrogen and oxygen atoms in total. The lowest BCUT2D eigenvalue weighted by Crippen LogP contribution is -2.47. The molecule has 1 saturated carbocycles. The van der Waals surface area contributed by atoms with Crippen LogP contribution in [0.5, 0.6) is 0 Å². The third kappa shape index (κ3) is 6.37. The van der Waals surface area contributed by atoms with E-state index < -0.39 is 6.04 Å². The second-order valence-electron chi connectivity index (χ2n) is 9.45. The maximum Gasteiger partial charge on any atom is 0.248 e. The molecule has 1 aliphatic rings. The van der Waals surface area contributed by atoms with Gasteiger partial charge in [0.15, 0.2) is 0 Å². The van der Waals surface area contributed by atoms with Crippen LogP contribution < -0.4 is 10.2 Å². The first kappa shape index (κ1) is 25.1. The molecule has 2 amide bonds. The molecule has 6 heteroatoms. The monoisotopic (exact) mass is 489 g/mol. The summed E-state index contributed by atoms with van der Waals surface area (Å²) >= 11 is 1.56. The minimum Gasteiger partial charge on any atom is -0.351 e. The first-order valence-corrected chi connectivity index (χ1v) is 13.6. The quantitative estimate of drug-likeness (QED) is 0.377. The second kappa shape index (κ2) is 12.1. The number of pyridine rings is 1. The van der Waals surface area contributed by atoms with Gasteiger partial charge in [-0.1, -0.05) is 51.3 Å². The predicted octanol–water partition coefficient (Wildman–Crippen LogP) is 6.42. The zero-order valence-corrected chi connectivity index (χ0v) is 21.5. The van der Waals surface area contributed by atoms with Crippen molar-refractivity contribution in [1.82, 2.24) is 10.3 Å². The summed E-state index contributed by atoms with van der Waals surface area (Å²) < 4.78 is 0. The molecule has 0 bridgehead atoms. The lowest BCUT2D eigenvalue weighted by molar-refractivity contribution is -0.127. The topological polar surface area (TPSA) is 62.3 Å². The van der Waals surface area contributed by atoms with Crippen molar-refractivity contribution < 1.29 is 9.59 Å². The SMILES string of the molecule is CC[C@H](C)c1ccc(N(C(=O)Cc2cccs2)[C@H](C(=O)NC2CCCCC2)c2ccncc2)cc1. The molecule has 3 aromatic rings. The fourth-order valence-electron chi connectivity index (χ4n) is 4.77. The summed E-state index contributed by atoms with van der Waals surface area (Å²) in [5.41, 5.74) is 2.73. The van der Waals surface area contributed by atoms with Crippen LogP contribution in [0.4, 0.5) is 5.69 Å². The van der Waals surface area contributed by atoms with Gasteiger partial charge < -0.3 is 5.32 Å². The van der Waals surface area contributed by atoms with Crippen molar-refractivity contribution in [3.8, 4) is 0 Å². The Kier molecular flexibility index (Phi) is 8.69. The van der Waals surface area contributed by atoms with E-state index in [9.17, 15) is 9.59 Å². The largest absolute Gasteiger partial charge is 0.351 e. The average Bonchev–Trinajstić information content (AvgIpc) is 3.41. The molecule has 0 radical (unpaired) electrons. The number of anilines is 1. The summed E-state index contributed by atoms with van der Waals surface area (Å²) in [7, 11) is 0. The number of carbonyl (C=O) groups excluding carboxylic acids is 2. The van der Waals surface area contributed by atoms with Crippen LogP contribution in [-0.2, 0) is 16.0 Å². The third-order valence-electron chi connectivity index (χ3n) is 7.01. The molecule has 0 aliphatic heterocycles. The average molecular weight is 490 g/mol. The van der Waals surface area contributed by atoms with Gasteiger partial charge in [-0.3, -0.25) is 19.5 Å². The molecule has 1 fully saturated rings. The van der Waals surface area contributed by atoms with Gasteiger partial charge in [-0.2, -0.15) is 0 Å². The fraction of sp³-hybridized carbons (Fsp3) is 0.414. The van der Waals surface area contributed by atoms with Crippen LogP contribution in [0.1, 0.15) is 80.3 Å². The van der Waals surface area contributed by atoms with Gasteiger partial charge in [0.25, 0.3) is 0 Å². The molecule has 0 spiro atoms. The van der Waals surface area contributed by atoms with Crippen molar-refractivity contribution in [3.05, 3.63) is 82.3 Å². The Balaban J connectivity index is 1.72. The van der Waals surface area contributed by atoms with Crippen molar-refractivity contribution in [1.29, 1.82) is 0 Å². The zero-order valence-electron chi connectivity index (χ0n) is 20.7. The molecule has 1 aliphatic carbocycles. The Labute approximate surface area is 212 Å². The van der Waals surface area contributed by atoms with Gasteiger partial charge in [0.05, 0.1) is 6.42 Å². The van der Waals surface area contributed by atoms with E-state index in [4.69, 9.17) is 0 Å². The maximum absolute atomic E-state index is 13.8. The number of aromatic nitrogens is 1. The Hall–Kier alpha value is -2.99. The van der Waals surface area contributed by atoms with Crippen LogP contribution in [0.25, 0.3) is 0 Å². The van der Waals surface area contributed by atoms with E-state index in [1.54, 1.807) is 28.6 Å². The molecule has 0 saturated heterocycles. The lowest BCUT2D eigenvalue weighted by atomic mass is 9.94. The van der Waals surface area contributed by atoms with Crippen molar-refractivity contribution in [3.63, 3.8) is 0 Å². The lowest BCUT2D eigenvalue weighted by Gasteiger charge is -2.33.